The summed E-state index contributed by atoms with van der Waals surface area (Å²) in [6, 6.07) is 3.58. The van der Waals surface area contributed by atoms with Crippen LogP contribution >= 0.6 is 11.8 Å². The van der Waals surface area contributed by atoms with Gasteiger partial charge in [0.15, 0.2) is 0 Å². The highest BCUT2D eigenvalue weighted by Gasteiger charge is 2.07. The fraction of sp³-hybridized carbons (Fsp3) is 0.111. The summed E-state index contributed by atoms with van der Waals surface area (Å²) >= 11 is 1.44. The molecule has 0 bridgehead atoms. The largest absolute Gasteiger partial charge is 0.468 e. The maximum Gasteiger partial charge on any atom is 0.223 e. The summed E-state index contributed by atoms with van der Waals surface area (Å²) < 4.78 is 5.19. The molecular weight excluding hydrogens is 226 g/mol. The number of anilines is 2. The van der Waals surface area contributed by atoms with Gasteiger partial charge in [-0.2, -0.15) is 4.98 Å². The number of hydrogen-bond acceptors (Lipinski definition) is 7. The average Bonchev–Trinajstić information content (AvgIpc) is 2.63. The molecule has 0 spiro atoms. The van der Waals surface area contributed by atoms with Crippen LogP contribution in [-0.4, -0.2) is 9.97 Å². The Bertz CT molecular complexity index is 498. The lowest BCUT2D eigenvalue weighted by Crippen LogP contribution is -2.10. The van der Waals surface area contributed by atoms with Crippen molar-refractivity contribution in [1.82, 2.24) is 9.97 Å². The second-order valence-corrected chi connectivity index (χ2v) is 4.10. The van der Waals surface area contributed by atoms with E-state index in [1.54, 1.807) is 12.3 Å². The van der Waals surface area contributed by atoms with Gasteiger partial charge in [0.2, 0.25) is 5.95 Å². The molecule has 0 saturated carbocycles. The molecule has 84 valence electrons. The van der Waals surface area contributed by atoms with Crippen molar-refractivity contribution >= 4 is 23.5 Å². The lowest BCUT2D eigenvalue weighted by Gasteiger charge is -2.03. The number of hydrogen-bond donors (Lipinski definition) is 3. The molecule has 2 heterocycles. The van der Waals surface area contributed by atoms with Crippen molar-refractivity contribution in [3.8, 4) is 0 Å². The van der Waals surface area contributed by atoms with E-state index in [2.05, 4.69) is 15.4 Å². The van der Waals surface area contributed by atoms with Crippen LogP contribution in [0, 0.1) is 6.92 Å². The Kier molecular flexibility index (Phi) is 2.97. The van der Waals surface area contributed by atoms with Gasteiger partial charge in [-0.25, -0.2) is 10.8 Å². The summed E-state index contributed by atoms with van der Waals surface area (Å²) in [6.07, 6.45) is 1.63. The molecule has 0 saturated heterocycles. The molecule has 2 aromatic rings. The molecule has 0 aromatic carbocycles. The maximum atomic E-state index is 5.55. The Morgan fingerprint density at radius 2 is 2.25 bits per heavy atom. The number of nitrogens with one attached hydrogen (secondary N) is 1. The molecule has 0 aliphatic rings. The van der Waals surface area contributed by atoms with Crippen molar-refractivity contribution in [3.05, 3.63) is 24.2 Å². The van der Waals surface area contributed by atoms with E-state index >= 15 is 0 Å². The van der Waals surface area contributed by atoms with Crippen LogP contribution in [0.25, 0.3) is 0 Å². The third-order valence-electron chi connectivity index (χ3n) is 1.89. The van der Waals surface area contributed by atoms with E-state index in [0.29, 0.717) is 10.8 Å². The van der Waals surface area contributed by atoms with Gasteiger partial charge in [-0.3, -0.25) is 0 Å². The molecule has 0 fully saturated rings. The minimum absolute atomic E-state index is 0.180. The van der Waals surface area contributed by atoms with Crippen molar-refractivity contribution in [2.45, 2.75) is 16.8 Å². The Morgan fingerprint density at radius 1 is 1.44 bits per heavy atom. The van der Waals surface area contributed by atoms with Crippen LogP contribution in [-0.2, 0) is 0 Å². The van der Waals surface area contributed by atoms with Crippen LogP contribution in [0.4, 0.5) is 11.8 Å². The number of aromatic nitrogens is 2. The number of rotatable bonds is 3. The number of furan rings is 1. The molecule has 0 unspecified atom stereocenters. The Balaban J connectivity index is 2.28. The van der Waals surface area contributed by atoms with Gasteiger partial charge >= 0.3 is 0 Å². The molecular formula is C9H11N5OS. The summed E-state index contributed by atoms with van der Waals surface area (Å²) in [7, 11) is 0. The van der Waals surface area contributed by atoms with E-state index in [-0.39, 0.29) is 5.95 Å². The second kappa shape index (κ2) is 4.42. The number of nitrogen functional groups attached to an aromatic ring is 2. The lowest BCUT2D eigenvalue weighted by atomic mass is 10.5. The zero-order valence-corrected chi connectivity index (χ0v) is 9.41. The summed E-state index contributed by atoms with van der Waals surface area (Å²) in [4.78, 5) is 8.98. The first-order chi connectivity index (χ1) is 7.69. The quantitative estimate of drug-likeness (QED) is 0.421. The van der Waals surface area contributed by atoms with E-state index in [0.717, 1.165) is 10.7 Å². The van der Waals surface area contributed by atoms with Crippen molar-refractivity contribution in [1.29, 1.82) is 0 Å². The number of hydrazine groups is 1. The zero-order valence-electron chi connectivity index (χ0n) is 8.60. The normalized spacial score (nSPS) is 10.4. The third kappa shape index (κ3) is 2.26. The van der Waals surface area contributed by atoms with Gasteiger partial charge < -0.3 is 15.6 Å². The highest BCUT2D eigenvalue weighted by Crippen LogP contribution is 2.30. The summed E-state index contributed by atoms with van der Waals surface area (Å²) in [5.41, 5.74) is 7.98. The van der Waals surface area contributed by atoms with Gasteiger partial charge in [0.25, 0.3) is 0 Å². The van der Waals surface area contributed by atoms with E-state index in [1.165, 1.54) is 11.8 Å². The monoisotopic (exact) mass is 237 g/mol. The molecule has 0 aliphatic heterocycles. The van der Waals surface area contributed by atoms with Crippen LogP contribution in [0.2, 0.25) is 0 Å². The lowest BCUT2D eigenvalue weighted by molar-refractivity contribution is 0.527. The van der Waals surface area contributed by atoms with E-state index in [9.17, 15) is 0 Å². The molecule has 5 N–H and O–H groups in total. The van der Waals surface area contributed by atoms with Gasteiger partial charge in [-0.15, -0.1) is 0 Å². The Morgan fingerprint density at radius 3 is 2.88 bits per heavy atom. The number of nitrogens with two attached hydrogens (primary N) is 2. The summed E-state index contributed by atoms with van der Waals surface area (Å²) in [6.45, 7) is 1.88. The third-order valence-corrected chi connectivity index (χ3v) is 2.96. The standard InChI is InChI=1S/C9H11N5OS/c1-5-6(2-3-15-5)16-8-4-7(14-11)12-9(10)13-8/h2-4H,11H2,1H3,(H3,10,12,13,14). The molecule has 6 nitrogen and oxygen atoms in total. The number of nitrogens with zero attached hydrogens (tertiary/aromatic N) is 2. The van der Waals surface area contributed by atoms with Crippen molar-refractivity contribution in [2.75, 3.05) is 11.2 Å². The van der Waals surface area contributed by atoms with Crippen molar-refractivity contribution < 1.29 is 4.42 Å². The van der Waals surface area contributed by atoms with Gasteiger partial charge in [-0.1, -0.05) is 11.8 Å². The minimum atomic E-state index is 0.180. The SMILES string of the molecule is Cc1occc1Sc1cc(NN)nc(N)n1. The molecule has 0 amide bonds. The summed E-state index contributed by atoms with van der Waals surface area (Å²) in [5, 5.41) is 0.713. The van der Waals surface area contributed by atoms with Gasteiger partial charge in [0.1, 0.15) is 16.6 Å². The highest BCUT2D eigenvalue weighted by molar-refractivity contribution is 7.99. The van der Waals surface area contributed by atoms with Crippen LogP contribution in [0.15, 0.2) is 32.7 Å². The summed E-state index contributed by atoms with van der Waals surface area (Å²) in [5.74, 6) is 6.77. The molecule has 16 heavy (non-hydrogen) atoms. The average molecular weight is 237 g/mol. The fourth-order valence-electron chi connectivity index (χ4n) is 1.16. The number of aryl methyl sites for hydroxylation is 1. The minimum Gasteiger partial charge on any atom is -0.468 e. The van der Waals surface area contributed by atoms with E-state index in [4.69, 9.17) is 16.0 Å². The molecule has 0 atom stereocenters. The Hall–Kier alpha value is -1.73. The topological polar surface area (TPSA) is 103 Å². The van der Waals surface area contributed by atoms with Crippen molar-refractivity contribution in [2.24, 2.45) is 5.84 Å². The smallest absolute Gasteiger partial charge is 0.223 e. The van der Waals surface area contributed by atoms with E-state index < -0.39 is 0 Å². The van der Waals surface area contributed by atoms with Crippen molar-refractivity contribution in [3.63, 3.8) is 0 Å². The van der Waals surface area contributed by atoms with Crippen LogP contribution < -0.4 is 17.0 Å². The maximum absolute atomic E-state index is 5.55. The van der Waals surface area contributed by atoms with Crippen LogP contribution in [0.1, 0.15) is 5.76 Å². The fourth-order valence-corrected chi connectivity index (χ4v) is 2.01. The molecule has 2 rings (SSSR count). The van der Waals surface area contributed by atoms with Crippen LogP contribution in [0.5, 0.6) is 0 Å². The predicted octanol–water partition coefficient (Wildman–Crippen LogP) is 1.40. The predicted molar refractivity (Wildman–Crippen MR) is 61.8 cm³/mol. The first kappa shape index (κ1) is 10.8. The molecule has 0 aliphatic carbocycles. The van der Waals surface area contributed by atoms with Crippen LogP contribution in [0.3, 0.4) is 0 Å². The molecule has 2 aromatic heterocycles. The molecule has 7 heteroatoms. The van der Waals surface area contributed by atoms with E-state index in [1.807, 2.05) is 13.0 Å². The first-order valence-corrected chi connectivity index (χ1v) is 5.34. The highest BCUT2D eigenvalue weighted by atomic mass is 32.2. The van der Waals surface area contributed by atoms with Gasteiger partial charge in [0.05, 0.1) is 11.2 Å². The van der Waals surface area contributed by atoms with Gasteiger partial charge in [-0.05, 0) is 13.0 Å². The molecule has 0 radical (unpaired) electrons. The zero-order chi connectivity index (χ0) is 11.5. The van der Waals surface area contributed by atoms with Gasteiger partial charge in [0, 0.05) is 6.07 Å². The second-order valence-electron chi connectivity index (χ2n) is 3.04. The first-order valence-electron chi connectivity index (χ1n) is 4.52. The Labute approximate surface area is 96.4 Å².